The molecule has 0 heterocycles. The van der Waals surface area contributed by atoms with Gasteiger partial charge in [0.25, 0.3) is 5.91 Å². The molecule has 5 nitrogen and oxygen atoms in total. The number of amides is 1. The number of ether oxygens (including phenoxy) is 2. The summed E-state index contributed by atoms with van der Waals surface area (Å²) in [5, 5.41) is 12.2. The molecule has 0 aliphatic heterocycles. The van der Waals surface area contributed by atoms with Crippen LogP contribution in [-0.4, -0.2) is 19.6 Å². The zero-order valence-corrected chi connectivity index (χ0v) is 15.4. The number of para-hydroxylation sites is 1. The first kappa shape index (κ1) is 19.1. The lowest BCUT2D eigenvalue weighted by molar-refractivity contribution is -0.112. The van der Waals surface area contributed by atoms with Crippen LogP contribution >= 0.6 is 0 Å². The molecule has 134 valence electrons. The van der Waals surface area contributed by atoms with E-state index in [9.17, 15) is 10.1 Å². The molecule has 0 bridgehead atoms. The normalized spacial score (nSPS) is 10.8. The van der Waals surface area contributed by atoms with E-state index in [2.05, 4.69) is 5.32 Å². The molecule has 1 amide bonds. The molecule has 2 rings (SSSR count). The number of anilines is 1. The Morgan fingerprint density at radius 3 is 2.65 bits per heavy atom. The summed E-state index contributed by atoms with van der Waals surface area (Å²) < 4.78 is 10.9. The van der Waals surface area contributed by atoms with Gasteiger partial charge in [-0.2, -0.15) is 5.26 Å². The van der Waals surface area contributed by atoms with E-state index in [0.29, 0.717) is 29.4 Å². The van der Waals surface area contributed by atoms with Gasteiger partial charge in [0.1, 0.15) is 11.6 Å². The molecule has 0 spiro atoms. The second kappa shape index (κ2) is 8.72. The number of nitrogens with one attached hydrogen (secondary N) is 1. The quantitative estimate of drug-likeness (QED) is 0.624. The van der Waals surface area contributed by atoms with E-state index in [1.807, 2.05) is 45.0 Å². The van der Waals surface area contributed by atoms with Crippen molar-refractivity contribution < 1.29 is 14.3 Å². The van der Waals surface area contributed by atoms with Crippen LogP contribution in [0.3, 0.4) is 0 Å². The van der Waals surface area contributed by atoms with Crippen molar-refractivity contribution in [1.29, 1.82) is 5.26 Å². The molecule has 0 saturated carbocycles. The average Bonchev–Trinajstić information content (AvgIpc) is 2.62. The van der Waals surface area contributed by atoms with Gasteiger partial charge in [-0.05, 0) is 44.5 Å². The summed E-state index contributed by atoms with van der Waals surface area (Å²) in [7, 11) is 1.52. The summed E-state index contributed by atoms with van der Waals surface area (Å²) in [4.78, 5) is 12.5. The van der Waals surface area contributed by atoms with E-state index in [1.54, 1.807) is 18.2 Å². The second-order valence-electron chi connectivity index (χ2n) is 5.75. The van der Waals surface area contributed by atoms with Crippen molar-refractivity contribution in [2.24, 2.45) is 0 Å². The Morgan fingerprint density at radius 1 is 1.27 bits per heavy atom. The van der Waals surface area contributed by atoms with Crippen LogP contribution in [0.2, 0.25) is 0 Å². The maximum absolute atomic E-state index is 12.5. The van der Waals surface area contributed by atoms with E-state index in [0.717, 1.165) is 11.1 Å². The van der Waals surface area contributed by atoms with Gasteiger partial charge in [-0.25, -0.2) is 0 Å². The number of hydrogen-bond acceptors (Lipinski definition) is 4. The molecular weight excluding hydrogens is 328 g/mol. The largest absolute Gasteiger partial charge is 0.492 e. The third-order valence-corrected chi connectivity index (χ3v) is 3.81. The molecule has 1 N–H and O–H groups in total. The van der Waals surface area contributed by atoms with Gasteiger partial charge < -0.3 is 14.8 Å². The number of rotatable bonds is 6. The maximum Gasteiger partial charge on any atom is 0.266 e. The summed E-state index contributed by atoms with van der Waals surface area (Å²) in [5.74, 6) is 0.584. The number of aryl methyl sites for hydroxylation is 2. The first-order valence-corrected chi connectivity index (χ1v) is 8.30. The van der Waals surface area contributed by atoms with Crippen molar-refractivity contribution in [1.82, 2.24) is 0 Å². The van der Waals surface area contributed by atoms with Crippen molar-refractivity contribution in [2.75, 3.05) is 19.0 Å². The van der Waals surface area contributed by atoms with Crippen LogP contribution in [0.1, 0.15) is 23.6 Å². The zero-order chi connectivity index (χ0) is 19.1. The molecule has 0 atom stereocenters. The lowest BCUT2D eigenvalue weighted by atomic mass is 10.1. The third-order valence-electron chi connectivity index (χ3n) is 3.81. The molecule has 0 radical (unpaired) electrons. The average molecular weight is 350 g/mol. The smallest absolute Gasteiger partial charge is 0.266 e. The van der Waals surface area contributed by atoms with E-state index >= 15 is 0 Å². The van der Waals surface area contributed by atoms with Gasteiger partial charge in [-0.15, -0.1) is 0 Å². The predicted molar refractivity (Wildman–Crippen MR) is 102 cm³/mol. The minimum Gasteiger partial charge on any atom is -0.492 e. The maximum atomic E-state index is 12.5. The third kappa shape index (κ3) is 4.42. The highest BCUT2D eigenvalue weighted by atomic mass is 16.5. The first-order valence-electron chi connectivity index (χ1n) is 8.30. The molecule has 0 saturated heterocycles. The number of hydrogen-bond donors (Lipinski definition) is 1. The molecule has 0 fully saturated rings. The van der Waals surface area contributed by atoms with Gasteiger partial charge in [-0.3, -0.25) is 4.79 Å². The molecule has 5 heteroatoms. The van der Waals surface area contributed by atoms with Crippen molar-refractivity contribution in [3.05, 3.63) is 58.7 Å². The van der Waals surface area contributed by atoms with Crippen molar-refractivity contribution in [3.63, 3.8) is 0 Å². The van der Waals surface area contributed by atoms with Crippen LogP contribution < -0.4 is 14.8 Å². The fraction of sp³-hybridized carbons (Fsp3) is 0.238. The van der Waals surface area contributed by atoms with Gasteiger partial charge in [0.2, 0.25) is 0 Å². The number of carbonyl (C=O) groups excluding carboxylic acids is 1. The van der Waals surface area contributed by atoms with E-state index in [-0.39, 0.29) is 5.57 Å². The summed E-state index contributed by atoms with van der Waals surface area (Å²) >= 11 is 0. The van der Waals surface area contributed by atoms with Crippen molar-refractivity contribution in [2.45, 2.75) is 20.8 Å². The van der Waals surface area contributed by atoms with Crippen LogP contribution in [0, 0.1) is 25.2 Å². The van der Waals surface area contributed by atoms with E-state index in [1.165, 1.54) is 13.2 Å². The first-order chi connectivity index (χ1) is 12.5. The number of carbonyl (C=O) groups is 1. The van der Waals surface area contributed by atoms with Crippen LogP contribution in [-0.2, 0) is 4.79 Å². The number of benzene rings is 2. The van der Waals surface area contributed by atoms with E-state index in [4.69, 9.17) is 9.47 Å². The Kier molecular flexibility index (Phi) is 6.40. The Morgan fingerprint density at radius 2 is 2.04 bits per heavy atom. The molecule has 26 heavy (non-hydrogen) atoms. The Bertz CT molecular complexity index is 879. The molecule has 0 unspecified atom stereocenters. The number of nitriles is 1. The summed E-state index contributed by atoms with van der Waals surface area (Å²) in [6.45, 7) is 6.26. The summed E-state index contributed by atoms with van der Waals surface area (Å²) in [5.41, 5.74) is 3.31. The highest BCUT2D eigenvalue weighted by Crippen LogP contribution is 2.32. The van der Waals surface area contributed by atoms with Crippen LogP contribution in [0.4, 0.5) is 5.69 Å². The lowest BCUT2D eigenvalue weighted by Crippen LogP contribution is -2.14. The highest BCUT2D eigenvalue weighted by molar-refractivity contribution is 6.10. The Labute approximate surface area is 153 Å². The van der Waals surface area contributed by atoms with Gasteiger partial charge >= 0.3 is 0 Å². The fourth-order valence-electron chi connectivity index (χ4n) is 2.58. The molecule has 0 aromatic heterocycles. The highest BCUT2D eigenvalue weighted by Gasteiger charge is 2.14. The molecule has 2 aromatic rings. The number of nitrogens with zero attached hydrogens (tertiary/aromatic N) is 1. The summed E-state index contributed by atoms with van der Waals surface area (Å²) in [6, 6.07) is 13.0. The van der Waals surface area contributed by atoms with Crippen LogP contribution in [0.5, 0.6) is 11.5 Å². The van der Waals surface area contributed by atoms with Crippen LogP contribution in [0.25, 0.3) is 6.08 Å². The minimum atomic E-state index is -0.469. The van der Waals surface area contributed by atoms with Crippen molar-refractivity contribution in [3.8, 4) is 17.6 Å². The molecule has 0 aliphatic carbocycles. The van der Waals surface area contributed by atoms with Gasteiger partial charge in [-0.1, -0.05) is 29.8 Å². The standard InChI is InChI=1S/C21H22N2O3/c1-5-26-19-8-6-7-16(20(19)25-4)12-17(13-22)21(24)23-18-10-9-14(2)11-15(18)3/h6-12H,5H2,1-4H3,(H,23,24)/b17-12+. The minimum absolute atomic E-state index is 0.0167. The molecule has 2 aromatic carbocycles. The fourth-order valence-corrected chi connectivity index (χ4v) is 2.58. The van der Waals surface area contributed by atoms with Gasteiger partial charge in [0.15, 0.2) is 11.5 Å². The van der Waals surface area contributed by atoms with Gasteiger partial charge in [0, 0.05) is 11.3 Å². The predicted octanol–water partition coefficient (Wildman–Crippen LogP) is 4.26. The SMILES string of the molecule is CCOc1cccc(/C=C(\C#N)C(=O)Nc2ccc(C)cc2C)c1OC. The molecule has 0 aliphatic rings. The zero-order valence-electron chi connectivity index (χ0n) is 15.4. The van der Waals surface area contributed by atoms with Gasteiger partial charge in [0.05, 0.1) is 13.7 Å². The van der Waals surface area contributed by atoms with E-state index < -0.39 is 5.91 Å². The second-order valence-corrected chi connectivity index (χ2v) is 5.75. The van der Waals surface area contributed by atoms with Crippen molar-refractivity contribution >= 4 is 17.7 Å². The summed E-state index contributed by atoms with van der Waals surface area (Å²) in [6.07, 6.45) is 1.50. The number of methoxy groups -OCH3 is 1. The molecular formula is C21H22N2O3. The lowest BCUT2D eigenvalue weighted by Gasteiger charge is -2.12. The Balaban J connectivity index is 2.34. The topological polar surface area (TPSA) is 71.3 Å². The monoisotopic (exact) mass is 350 g/mol. The Hall–Kier alpha value is -3.26. The van der Waals surface area contributed by atoms with Crippen LogP contribution in [0.15, 0.2) is 42.0 Å².